The Kier molecular flexibility index (Phi) is 3.91. The van der Waals surface area contributed by atoms with Crippen LogP contribution >= 0.6 is 0 Å². The Hall–Kier alpha value is -0.0800. The fourth-order valence-electron chi connectivity index (χ4n) is 0.863. The Balaban J connectivity index is 3.81. The van der Waals surface area contributed by atoms with Gasteiger partial charge in [0, 0.05) is 12.1 Å². The molecule has 0 heterocycles. The van der Waals surface area contributed by atoms with E-state index in [-0.39, 0.29) is 0 Å². The maximum Gasteiger partial charge on any atom is 0.0214 e. The number of hydrogen-bond donors (Lipinski definition) is 0. The number of hydrogen-bond acceptors (Lipinski definition) is 2. The molecule has 0 aromatic heterocycles. The highest BCUT2D eigenvalue weighted by atomic mass is 15.8. The molecule has 0 amide bonds. The molecule has 0 fully saturated rings. The molecule has 0 aliphatic carbocycles. The van der Waals surface area contributed by atoms with Crippen LogP contribution in [0.3, 0.4) is 0 Å². The maximum absolute atomic E-state index is 2.24. The Morgan fingerprint density at radius 3 is 1.00 bits per heavy atom. The van der Waals surface area contributed by atoms with Gasteiger partial charge in [0.25, 0.3) is 0 Å². The van der Waals surface area contributed by atoms with Gasteiger partial charge in [-0.05, 0) is 42.0 Å². The van der Waals surface area contributed by atoms with Crippen LogP contribution in [0, 0.1) is 0 Å². The summed E-state index contributed by atoms with van der Waals surface area (Å²) in [6.07, 6.45) is 0. The van der Waals surface area contributed by atoms with Crippen LogP contribution in [0.15, 0.2) is 0 Å². The molecular formula is C8H20N2. The van der Waals surface area contributed by atoms with Crippen molar-refractivity contribution in [1.29, 1.82) is 0 Å². The van der Waals surface area contributed by atoms with Crippen LogP contribution < -0.4 is 0 Å². The normalized spacial score (nSPS) is 18.0. The number of nitrogens with zero attached hydrogens (tertiary/aromatic N) is 2. The van der Waals surface area contributed by atoms with Gasteiger partial charge in [0.2, 0.25) is 0 Å². The van der Waals surface area contributed by atoms with Crippen molar-refractivity contribution in [2.24, 2.45) is 0 Å². The summed E-state index contributed by atoms with van der Waals surface area (Å²) in [6.45, 7) is 4.48. The molecule has 0 aromatic carbocycles. The summed E-state index contributed by atoms with van der Waals surface area (Å²) in [4.78, 5) is 4.48. The van der Waals surface area contributed by atoms with Crippen molar-refractivity contribution < 1.29 is 0 Å². The molecule has 2 heteroatoms. The quantitative estimate of drug-likeness (QED) is 0.544. The van der Waals surface area contributed by atoms with Crippen molar-refractivity contribution in [2.45, 2.75) is 25.9 Å². The van der Waals surface area contributed by atoms with Crippen molar-refractivity contribution in [1.82, 2.24) is 9.80 Å². The smallest absolute Gasteiger partial charge is 0.0214 e. The van der Waals surface area contributed by atoms with E-state index in [4.69, 9.17) is 0 Å². The van der Waals surface area contributed by atoms with E-state index in [2.05, 4.69) is 51.8 Å². The van der Waals surface area contributed by atoms with Gasteiger partial charge < -0.3 is 9.80 Å². The molecule has 2 nitrogen and oxygen atoms in total. The lowest BCUT2D eigenvalue weighted by atomic mass is 10.2. The Morgan fingerprint density at radius 2 is 0.900 bits per heavy atom. The summed E-state index contributed by atoms with van der Waals surface area (Å²) in [5.74, 6) is 0. The van der Waals surface area contributed by atoms with Crippen LogP contribution in [-0.2, 0) is 0 Å². The molecule has 0 bridgehead atoms. The second-order valence-electron chi connectivity index (χ2n) is 3.41. The molecule has 0 saturated carbocycles. The molecule has 0 N–H and O–H groups in total. The summed E-state index contributed by atoms with van der Waals surface area (Å²) in [7, 11) is 8.46. The van der Waals surface area contributed by atoms with Gasteiger partial charge in [0.15, 0.2) is 0 Å². The Labute approximate surface area is 64.8 Å². The standard InChI is InChI=1S/C8H20N2/c1-7(9(3)4)8(2)10(5)6/h7-8H,1-6H3/t7-,8+/i9+1/m1/s1. The first-order chi connectivity index (χ1) is 4.46. The third kappa shape index (κ3) is 2.67. The zero-order valence-corrected chi connectivity index (χ0v) is 8.05. The second-order valence-corrected chi connectivity index (χ2v) is 3.41. The van der Waals surface area contributed by atoms with Gasteiger partial charge in [0.05, 0.1) is 0 Å². The fraction of sp³-hybridized carbons (Fsp3) is 1.00. The molecule has 0 rings (SSSR count). The van der Waals surface area contributed by atoms with Crippen molar-refractivity contribution in [3.63, 3.8) is 0 Å². The summed E-state index contributed by atoms with van der Waals surface area (Å²) >= 11 is 0. The van der Waals surface area contributed by atoms with E-state index >= 15 is 0 Å². The van der Waals surface area contributed by atoms with Crippen LogP contribution in [-0.4, -0.2) is 50.1 Å². The van der Waals surface area contributed by atoms with E-state index < -0.39 is 0 Å². The van der Waals surface area contributed by atoms with Crippen LogP contribution in [0.4, 0.5) is 0 Å². The molecule has 0 aliphatic rings. The van der Waals surface area contributed by atoms with Crippen molar-refractivity contribution in [2.75, 3.05) is 28.2 Å². The average molecular weight is 145 g/mol. The SMILES string of the molecule is C[C@H]([C@H](C)N(C)C)[15N](C)C. The Morgan fingerprint density at radius 1 is 0.700 bits per heavy atom. The first kappa shape index (κ1) is 9.92. The van der Waals surface area contributed by atoms with Gasteiger partial charge >= 0.3 is 0 Å². The first-order valence-electron chi connectivity index (χ1n) is 3.79. The number of rotatable bonds is 3. The molecule has 10 heavy (non-hydrogen) atoms. The summed E-state index contributed by atoms with van der Waals surface area (Å²) in [5.41, 5.74) is 0. The highest BCUT2D eigenvalue weighted by Crippen LogP contribution is 2.03. The molecule has 2 atom stereocenters. The molecule has 0 spiro atoms. The van der Waals surface area contributed by atoms with E-state index in [1.807, 2.05) is 0 Å². The minimum absolute atomic E-state index is 0.620. The molecule has 0 saturated heterocycles. The first-order valence-corrected chi connectivity index (χ1v) is 3.79. The van der Waals surface area contributed by atoms with Gasteiger partial charge in [0.1, 0.15) is 0 Å². The molecular weight excluding hydrogens is 125 g/mol. The van der Waals surface area contributed by atoms with Crippen molar-refractivity contribution >= 4 is 0 Å². The van der Waals surface area contributed by atoms with Crippen LogP contribution in [0.2, 0.25) is 0 Å². The third-order valence-corrected chi connectivity index (χ3v) is 2.33. The molecule has 0 radical (unpaired) electrons. The fourth-order valence-corrected chi connectivity index (χ4v) is 0.863. The van der Waals surface area contributed by atoms with E-state index in [0.717, 1.165) is 0 Å². The lowest BCUT2D eigenvalue weighted by molar-refractivity contribution is 0.176. The zero-order chi connectivity index (χ0) is 8.31. The lowest BCUT2D eigenvalue weighted by Gasteiger charge is -2.31. The van der Waals surface area contributed by atoms with E-state index in [1.165, 1.54) is 0 Å². The minimum Gasteiger partial charge on any atom is -0.305 e. The minimum atomic E-state index is 0.620. The van der Waals surface area contributed by atoms with Crippen LogP contribution in [0.25, 0.3) is 0 Å². The predicted molar refractivity (Wildman–Crippen MR) is 46.3 cm³/mol. The topological polar surface area (TPSA) is 6.48 Å². The van der Waals surface area contributed by atoms with Gasteiger partial charge in [-0.15, -0.1) is 0 Å². The van der Waals surface area contributed by atoms with Gasteiger partial charge in [-0.3, -0.25) is 0 Å². The van der Waals surface area contributed by atoms with E-state index in [1.54, 1.807) is 0 Å². The van der Waals surface area contributed by atoms with Gasteiger partial charge in [-0.2, -0.15) is 0 Å². The van der Waals surface area contributed by atoms with Gasteiger partial charge in [-0.1, -0.05) is 0 Å². The summed E-state index contributed by atoms with van der Waals surface area (Å²) in [5, 5.41) is 0. The second kappa shape index (κ2) is 3.94. The predicted octanol–water partition coefficient (Wildman–Crippen LogP) is 0.887. The Bertz CT molecular complexity index is 77.3. The third-order valence-electron chi connectivity index (χ3n) is 2.33. The summed E-state index contributed by atoms with van der Waals surface area (Å²) < 4.78 is 0. The molecule has 0 aliphatic heterocycles. The number of likely N-dealkylation sites (N-methyl/N-ethyl adjacent to an activating group) is 2. The van der Waals surface area contributed by atoms with Gasteiger partial charge in [-0.25, -0.2) is 0 Å². The van der Waals surface area contributed by atoms with Crippen molar-refractivity contribution in [3.8, 4) is 0 Å². The summed E-state index contributed by atoms with van der Waals surface area (Å²) in [6, 6.07) is 1.24. The monoisotopic (exact) mass is 145 g/mol. The molecule has 0 unspecified atom stereocenters. The highest BCUT2D eigenvalue weighted by Gasteiger charge is 2.14. The lowest BCUT2D eigenvalue weighted by Crippen LogP contribution is -2.42. The van der Waals surface area contributed by atoms with E-state index in [0.29, 0.717) is 12.1 Å². The maximum atomic E-state index is 2.24. The highest BCUT2D eigenvalue weighted by molar-refractivity contribution is 4.72. The molecule has 62 valence electrons. The van der Waals surface area contributed by atoms with E-state index in [9.17, 15) is 0 Å². The zero-order valence-electron chi connectivity index (χ0n) is 8.05. The van der Waals surface area contributed by atoms with Crippen LogP contribution in [0.5, 0.6) is 0 Å². The average Bonchev–Trinajstić information content (AvgIpc) is 1.84. The molecule has 0 aromatic rings. The van der Waals surface area contributed by atoms with Crippen molar-refractivity contribution in [3.05, 3.63) is 0 Å². The van der Waals surface area contributed by atoms with Crippen LogP contribution in [0.1, 0.15) is 13.8 Å². The largest absolute Gasteiger partial charge is 0.305 e.